The van der Waals surface area contributed by atoms with Gasteiger partial charge in [0.25, 0.3) is 0 Å². The van der Waals surface area contributed by atoms with Gasteiger partial charge in [0.05, 0.1) is 11.7 Å². The van der Waals surface area contributed by atoms with Crippen molar-refractivity contribution in [2.75, 3.05) is 19.7 Å². The Hall–Kier alpha value is -0.120. The van der Waals surface area contributed by atoms with E-state index in [1.54, 1.807) is 0 Å². The van der Waals surface area contributed by atoms with Gasteiger partial charge in [-0.1, -0.05) is 13.8 Å². The topological polar surface area (TPSA) is 41.5 Å². The standard InChI is InChI=1S/C11H23NO2/c1-3-6-12-9-11(13)5-7-14-10(4-2)8-11/h10,12-13H,3-9H2,1-2H3. The molecule has 0 aromatic rings. The highest BCUT2D eigenvalue weighted by Crippen LogP contribution is 2.25. The molecule has 0 saturated carbocycles. The van der Waals surface area contributed by atoms with Gasteiger partial charge in [0, 0.05) is 26.0 Å². The number of rotatable bonds is 5. The summed E-state index contributed by atoms with van der Waals surface area (Å²) in [5.41, 5.74) is -0.534. The van der Waals surface area contributed by atoms with Crippen LogP contribution in [0.15, 0.2) is 0 Å². The summed E-state index contributed by atoms with van der Waals surface area (Å²) in [6.45, 7) is 6.63. The second-order valence-corrected chi connectivity index (χ2v) is 4.26. The smallest absolute Gasteiger partial charge is 0.0818 e. The quantitative estimate of drug-likeness (QED) is 0.659. The van der Waals surface area contributed by atoms with Crippen LogP contribution in [0.5, 0.6) is 0 Å². The van der Waals surface area contributed by atoms with Gasteiger partial charge in [-0.15, -0.1) is 0 Å². The SMILES string of the molecule is CCCNCC1(O)CCOC(CC)C1. The molecule has 2 unspecified atom stereocenters. The van der Waals surface area contributed by atoms with Crippen LogP contribution < -0.4 is 5.32 Å². The first-order valence-corrected chi connectivity index (χ1v) is 5.75. The van der Waals surface area contributed by atoms with Gasteiger partial charge in [0.1, 0.15) is 0 Å². The first-order valence-electron chi connectivity index (χ1n) is 5.75. The van der Waals surface area contributed by atoms with Gasteiger partial charge in [-0.25, -0.2) is 0 Å². The fourth-order valence-corrected chi connectivity index (χ4v) is 1.92. The van der Waals surface area contributed by atoms with E-state index in [0.717, 1.165) is 32.2 Å². The second kappa shape index (κ2) is 5.69. The number of hydrogen-bond acceptors (Lipinski definition) is 3. The molecular formula is C11H23NO2. The summed E-state index contributed by atoms with van der Waals surface area (Å²) >= 11 is 0. The number of aliphatic hydroxyl groups is 1. The highest BCUT2D eigenvalue weighted by molar-refractivity contribution is 4.87. The second-order valence-electron chi connectivity index (χ2n) is 4.26. The molecule has 0 radical (unpaired) electrons. The van der Waals surface area contributed by atoms with Crippen molar-refractivity contribution in [1.29, 1.82) is 0 Å². The van der Waals surface area contributed by atoms with E-state index < -0.39 is 5.60 Å². The normalized spacial score (nSPS) is 33.2. The van der Waals surface area contributed by atoms with E-state index in [0.29, 0.717) is 13.2 Å². The van der Waals surface area contributed by atoms with E-state index in [1.165, 1.54) is 0 Å². The fourth-order valence-electron chi connectivity index (χ4n) is 1.92. The van der Waals surface area contributed by atoms with Crippen molar-refractivity contribution in [2.24, 2.45) is 0 Å². The average molecular weight is 201 g/mol. The molecule has 84 valence electrons. The van der Waals surface area contributed by atoms with Crippen LogP contribution in [0, 0.1) is 0 Å². The van der Waals surface area contributed by atoms with Gasteiger partial charge in [-0.2, -0.15) is 0 Å². The molecule has 2 atom stereocenters. The minimum Gasteiger partial charge on any atom is -0.388 e. The average Bonchev–Trinajstić information content (AvgIpc) is 2.18. The van der Waals surface area contributed by atoms with Gasteiger partial charge in [-0.05, 0) is 19.4 Å². The number of nitrogens with one attached hydrogen (secondary N) is 1. The maximum Gasteiger partial charge on any atom is 0.0818 e. The van der Waals surface area contributed by atoms with Crippen molar-refractivity contribution in [2.45, 2.75) is 51.2 Å². The molecule has 1 rings (SSSR count). The molecule has 3 nitrogen and oxygen atoms in total. The van der Waals surface area contributed by atoms with Gasteiger partial charge >= 0.3 is 0 Å². The zero-order valence-corrected chi connectivity index (χ0v) is 9.38. The van der Waals surface area contributed by atoms with Crippen LogP contribution in [-0.4, -0.2) is 36.5 Å². The van der Waals surface area contributed by atoms with E-state index in [4.69, 9.17) is 4.74 Å². The molecule has 1 saturated heterocycles. The maximum atomic E-state index is 10.3. The summed E-state index contributed by atoms with van der Waals surface area (Å²) in [5.74, 6) is 0. The highest BCUT2D eigenvalue weighted by Gasteiger charge is 2.33. The molecule has 14 heavy (non-hydrogen) atoms. The third-order valence-corrected chi connectivity index (χ3v) is 2.86. The number of ether oxygens (including phenoxy) is 1. The van der Waals surface area contributed by atoms with Crippen molar-refractivity contribution in [1.82, 2.24) is 5.32 Å². The summed E-state index contributed by atoms with van der Waals surface area (Å²) in [4.78, 5) is 0. The highest BCUT2D eigenvalue weighted by atomic mass is 16.5. The van der Waals surface area contributed by atoms with Crippen molar-refractivity contribution in [3.05, 3.63) is 0 Å². The van der Waals surface area contributed by atoms with E-state index >= 15 is 0 Å². The van der Waals surface area contributed by atoms with Gasteiger partial charge in [0.15, 0.2) is 0 Å². The summed E-state index contributed by atoms with van der Waals surface area (Å²) in [6.07, 6.45) is 3.90. The van der Waals surface area contributed by atoms with Crippen LogP contribution in [0.2, 0.25) is 0 Å². The summed E-state index contributed by atoms with van der Waals surface area (Å²) in [7, 11) is 0. The fraction of sp³-hybridized carbons (Fsp3) is 1.00. The predicted molar refractivity (Wildman–Crippen MR) is 57.4 cm³/mol. The predicted octanol–water partition coefficient (Wildman–Crippen LogP) is 1.31. The molecule has 2 N–H and O–H groups in total. The van der Waals surface area contributed by atoms with E-state index in [2.05, 4.69) is 19.2 Å². The van der Waals surface area contributed by atoms with Crippen LogP contribution >= 0.6 is 0 Å². The monoisotopic (exact) mass is 201 g/mol. The first-order chi connectivity index (χ1) is 6.70. The lowest BCUT2D eigenvalue weighted by Gasteiger charge is -2.36. The zero-order valence-electron chi connectivity index (χ0n) is 9.38. The van der Waals surface area contributed by atoms with Crippen LogP contribution in [0.1, 0.15) is 39.5 Å². The first kappa shape index (κ1) is 12.0. The third kappa shape index (κ3) is 3.56. The molecule has 1 heterocycles. The molecular weight excluding hydrogens is 178 g/mol. The Labute approximate surface area is 86.8 Å². The zero-order chi connectivity index (χ0) is 10.4. The maximum absolute atomic E-state index is 10.3. The van der Waals surface area contributed by atoms with Crippen LogP contribution in [0.4, 0.5) is 0 Å². The molecule has 0 aliphatic carbocycles. The van der Waals surface area contributed by atoms with E-state index in [1.807, 2.05) is 0 Å². The molecule has 0 aromatic carbocycles. The van der Waals surface area contributed by atoms with E-state index in [-0.39, 0.29) is 6.10 Å². The lowest BCUT2D eigenvalue weighted by molar-refractivity contribution is -0.102. The lowest BCUT2D eigenvalue weighted by Crippen LogP contribution is -2.47. The van der Waals surface area contributed by atoms with Gasteiger partial charge in [0.2, 0.25) is 0 Å². The molecule has 0 spiro atoms. The van der Waals surface area contributed by atoms with Crippen molar-refractivity contribution < 1.29 is 9.84 Å². The van der Waals surface area contributed by atoms with Crippen LogP contribution in [0.3, 0.4) is 0 Å². The molecule has 1 aliphatic heterocycles. The minimum atomic E-state index is -0.534. The Kier molecular flexibility index (Phi) is 4.85. The van der Waals surface area contributed by atoms with Crippen molar-refractivity contribution >= 4 is 0 Å². The summed E-state index contributed by atoms with van der Waals surface area (Å²) in [6, 6.07) is 0. The Morgan fingerprint density at radius 3 is 2.93 bits per heavy atom. The van der Waals surface area contributed by atoms with Crippen molar-refractivity contribution in [3.63, 3.8) is 0 Å². The molecule has 0 amide bonds. The summed E-state index contributed by atoms with van der Waals surface area (Å²) < 4.78 is 5.54. The molecule has 3 heteroatoms. The molecule has 1 aliphatic rings. The Morgan fingerprint density at radius 2 is 2.29 bits per heavy atom. The Morgan fingerprint density at radius 1 is 1.50 bits per heavy atom. The molecule has 0 bridgehead atoms. The van der Waals surface area contributed by atoms with Gasteiger partial charge < -0.3 is 15.2 Å². The Bertz CT molecular complexity index is 163. The summed E-state index contributed by atoms with van der Waals surface area (Å²) in [5, 5.41) is 13.5. The third-order valence-electron chi connectivity index (χ3n) is 2.86. The largest absolute Gasteiger partial charge is 0.388 e. The lowest BCUT2D eigenvalue weighted by atomic mass is 9.89. The molecule has 0 aromatic heterocycles. The van der Waals surface area contributed by atoms with Gasteiger partial charge in [-0.3, -0.25) is 0 Å². The van der Waals surface area contributed by atoms with Crippen LogP contribution in [0.25, 0.3) is 0 Å². The van der Waals surface area contributed by atoms with E-state index in [9.17, 15) is 5.11 Å². The van der Waals surface area contributed by atoms with Crippen LogP contribution in [-0.2, 0) is 4.74 Å². The molecule has 1 fully saturated rings. The minimum absolute atomic E-state index is 0.247. The number of hydrogen-bond donors (Lipinski definition) is 2. The van der Waals surface area contributed by atoms with Crippen molar-refractivity contribution in [3.8, 4) is 0 Å². The Balaban J connectivity index is 2.31.